The molecule has 6 heteroatoms. The van der Waals surface area contributed by atoms with E-state index in [-0.39, 0.29) is 17.2 Å². The molecule has 0 fully saturated rings. The zero-order chi connectivity index (χ0) is 21.0. The van der Waals surface area contributed by atoms with E-state index in [1.165, 1.54) is 6.07 Å². The second-order valence-corrected chi connectivity index (χ2v) is 7.25. The lowest BCUT2D eigenvalue weighted by Gasteiger charge is -2.16. The Morgan fingerprint density at radius 1 is 1.17 bits per heavy atom. The Labute approximate surface area is 170 Å². The van der Waals surface area contributed by atoms with Gasteiger partial charge >= 0.3 is 0 Å². The van der Waals surface area contributed by atoms with Crippen molar-refractivity contribution in [3.05, 3.63) is 87.1 Å². The number of rotatable bonds is 6. The molecule has 0 radical (unpaired) electrons. The molecule has 1 heterocycles. The SMILES string of the molecule is COc1ccc(Cc2nc(C(=O)Nc3c(C)cccc3C(C)C)cc(=O)[nH]2)cc1. The maximum Gasteiger partial charge on any atom is 0.274 e. The van der Waals surface area contributed by atoms with Gasteiger partial charge in [0.1, 0.15) is 17.3 Å². The first kappa shape index (κ1) is 20.3. The number of carbonyl (C=O) groups excluding carboxylic acids is 1. The van der Waals surface area contributed by atoms with E-state index in [0.29, 0.717) is 12.2 Å². The Morgan fingerprint density at radius 3 is 2.55 bits per heavy atom. The van der Waals surface area contributed by atoms with Crippen LogP contribution in [-0.4, -0.2) is 23.0 Å². The molecule has 1 aromatic heterocycles. The number of anilines is 1. The van der Waals surface area contributed by atoms with E-state index in [2.05, 4.69) is 29.1 Å². The number of nitrogens with zero attached hydrogens (tertiary/aromatic N) is 1. The topological polar surface area (TPSA) is 84.1 Å². The zero-order valence-electron chi connectivity index (χ0n) is 17.1. The summed E-state index contributed by atoms with van der Waals surface area (Å²) in [6.45, 7) is 6.09. The van der Waals surface area contributed by atoms with Gasteiger partial charge in [-0.3, -0.25) is 9.59 Å². The summed E-state index contributed by atoms with van der Waals surface area (Å²) < 4.78 is 5.16. The molecule has 0 aliphatic carbocycles. The van der Waals surface area contributed by atoms with E-state index in [1.54, 1.807) is 7.11 Å². The molecule has 0 atom stereocenters. The second kappa shape index (κ2) is 8.73. The number of H-pyrrole nitrogens is 1. The Hall–Kier alpha value is -3.41. The van der Waals surface area contributed by atoms with Gasteiger partial charge in [0.15, 0.2) is 0 Å². The van der Waals surface area contributed by atoms with E-state index < -0.39 is 5.91 Å². The molecule has 0 saturated heterocycles. The van der Waals surface area contributed by atoms with Crippen molar-refractivity contribution in [2.75, 3.05) is 12.4 Å². The average molecular weight is 391 g/mol. The van der Waals surface area contributed by atoms with Gasteiger partial charge in [0.2, 0.25) is 0 Å². The molecule has 29 heavy (non-hydrogen) atoms. The summed E-state index contributed by atoms with van der Waals surface area (Å²) in [5.74, 6) is 1.04. The number of benzene rings is 2. The van der Waals surface area contributed by atoms with Gasteiger partial charge in [0.05, 0.1) is 7.11 Å². The van der Waals surface area contributed by atoms with Crippen molar-refractivity contribution >= 4 is 11.6 Å². The molecule has 6 nitrogen and oxygen atoms in total. The predicted octanol–water partition coefficient (Wildman–Crippen LogP) is 4.05. The Balaban J connectivity index is 1.86. The third kappa shape index (κ3) is 4.90. The van der Waals surface area contributed by atoms with Gasteiger partial charge < -0.3 is 15.0 Å². The van der Waals surface area contributed by atoms with Crippen LogP contribution in [0.2, 0.25) is 0 Å². The van der Waals surface area contributed by atoms with Crippen LogP contribution in [0.3, 0.4) is 0 Å². The number of carbonyl (C=O) groups is 1. The molecule has 0 aliphatic rings. The summed E-state index contributed by atoms with van der Waals surface area (Å²) in [5.41, 5.74) is 3.46. The second-order valence-electron chi connectivity index (χ2n) is 7.25. The fourth-order valence-corrected chi connectivity index (χ4v) is 3.16. The number of para-hydroxylation sites is 1. The fourth-order valence-electron chi connectivity index (χ4n) is 3.16. The van der Waals surface area contributed by atoms with E-state index in [4.69, 9.17) is 4.74 Å². The molecular formula is C23H25N3O3. The van der Waals surface area contributed by atoms with Crippen LogP contribution in [0.4, 0.5) is 5.69 Å². The Morgan fingerprint density at radius 2 is 1.90 bits per heavy atom. The Bertz CT molecular complexity index is 1070. The van der Waals surface area contributed by atoms with Gasteiger partial charge in [-0.05, 0) is 41.7 Å². The van der Waals surface area contributed by atoms with Crippen LogP contribution >= 0.6 is 0 Å². The van der Waals surface area contributed by atoms with Gasteiger partial charge in [0.25, 0.3) is 11.5 Å². The van der Waals surface area contributed by atoms with E-state index in [1.807, 2.05) is 49.4 Å². The minimum Gasteiger partial charge on any atom is -0.497 e. The van der Waals surface area contributed by atoms with Crippen molar-refractivity contribution in [3.8, 4) is 5.75 Å². The highest BCUT2D eigenvalue weighted by Gasteiger charge is 2.15. The quantitative estimate of drug-likeness (QED) is 0.664. The largest absolute Gasteiger partial charge is 0.497 e. The normalized spacial score (nSPS) is 10.8. The number of aromatic nitrogens is 2. The summed E-state index contributed by atoms with van der Waals surface area (Å²) in [5, 5.41) is 2.94. The van der Waals surface area contributed by atoms with Crippen molar-refractivity contribution in [1.82, 2.24) is 9.97 Å². The number of ether oxygens (including phenoxy) is 1. The van der Waals surface area contributed by atoms with Crippen molar-refractivity contribution in [2.45, 2.75) is 33.1 Å². The minimum absolute atomic E-state index is 0.0928. The van der Waals surface area contributed by atoms with Crippen molar-refractivity contribution in [1.29, 1.82) is 0 Å². The number of aromatic amines is 1. The first-order valence-electron chi connectivity index (χ1n) is 9.51. The molecule has 0 unspecified atom stereocenters. The highest BCUT2D eigenvalue weighted by molar-refractivity contribution is 6.03. The first-order chi connectivity index (χ1) is 13.9. The maximum atomic E-state index is 12.8. The molecule has 3 rings (SSSR count). The lowest BCUT2D eigenvalue weighted by atomic mass is 9.98. The van der Waals surface area contributed by atoms with Crippen molar-refractivity contribution < 1.29 is 9.53 Å². The van der Waals surface area contributed by atoms with Gasteiger partial charge in [0, 0.05) is 18.2 Å². The number of hydrogen-bond donors (Lipinski definition) is 2. The zero-order valence-corrected chi connectivity index (χ0v) is 17.1. The maximum absolute atomic E-state index is 12.8. The van der Waals surface area contributed by atoms with Gasteiger partial charge in [-0.15, -0.1) is 0 Å². The molecule has 2 aromatic carbocycles. The number of methoxy groups -OCH3 is 1. The smallest absolute Gasteiger partial charge is 0.274 e. The molecule has 0 bridgehead atoms. The summed E-state index contributed by atoms with van der Waals surface area (Å²) in [7, 11) is 1.61. The van der Waals surface area contributed by atoms with E-state index in [0.717, 1.165) is 28.1 Å². The third-order valence-corrected chi connectivity index (χ3v) is 4.72. The van der Waals surface area contributed by atoms with Gasteiger partial charge in [-0.25, -0.2) is 4.98 Å². The molecule has 0 spiro atoms. The van der Waals surface area contributed by atoms with Crippen LogP contribution in [0.5, 0.6) is 5.75 Å². The lowest BCUT2D eigenvalue weighted by Crippen LogP contribution is -2.21. The van der Waals surface area contributed by atoms with E-state index in [9.17, 15) is 9.59 Å². The third-order valence-electron chi connectivity index (χ3n) is 4.72. The standard InChI is InChI=1S/C23H25N3O3/c1-14(2)18-7-5-6-15(3)22(18)26-23(28)19-13-21(27)25-20(24-19)12-16-8-10-17(29-4)11-9-16/h5-11,13-14H,12H2,1-4H3,(H,26,28)(H,24,25,27). The molecule has 2 N–H and O–H groups in total. The number of hydrogen-bond acceptors (Lipinski definition) is 4. The molecule has 1 amide bonds. The Kier molecular flexibility index (Phi) is 6.12. The highest BCUT2D eigenvalue weighted by atomic mass is 16.5. The van der Waals surface area contributed by atoms with Gasteiger partial charge in [-0.1, -0.05) is 44.2 Å². The predicted molar refractivity (Wildman–Crippen MR) is 114 cm³/mol. The number of aryl methyl sites for hydroxylation is 1. The summed E-state index contributed by atoms with van der Waals surface area (Å²) in [4.78, 5) is 32.0. The first-order valence-corrected chi connectivity index (χ1v) is 9.51. The number of nitrogens with one attached hydrogen (secondary N) is 2. The van der Waals surface area contributed by atoms with E-state index >= 15 is 0 Å². The minimum atomic E-state index is -0.400. The highest BCUT2D eigenvalue weighted by Crippen LogP contribution is 2.27. The van der Waals surface area contributed by atoms with Crippen LogP contribution in [-0.2, 0) is 6.42 Å². The van der Waals surface area contributed by atoms with Crippen LogP contribution in [0.1, 0.15) is 52.8 Å². The monoisotopic (exact) mass is 391 g/mol. The van der Waals surface area contributed by atoms with Crippen LogP contribution in [0.15, 0.2) is 53.3 Å². The van der Waals surface area contributed by atoms with Crippen LogP contribution in [0, 0.1) is 6.92 Å². The van der Waals surface area contributed by atoms with Crippen molar-refractivity contribution in [2.24, 2.45) is 0 Å². The summed E-state index contributed by atoms with van der Waals surface area (Å²) >= 11 is 0. The summed E-state index contributed by atoms with van der Waals surface area (Å²) in [6.07, 6.45) is 0.405. The average Bonchev–Trinajstić information content (AvgIpc) is 2.69. The summed E-state index contributed by atoms with van der Waals surface area (Å²) in [6, 6.07) is 14.6. The van der Waals surface area contributed by atoms with Gasteiger partial charge in [-0.2, -0.15) is 0 Å². The fraction of sp³-hybridized carbons (Fsp3) is 0.261. The molecule has 150 valence electrons. The van der Waals surface area contributed by atoms with Crippen LogP contribution < -0.4 is 15.6 Å². The lowest BCUT2D eigenvalue weighted by molar-refractivity contribution is 0.102. The molecule has 0 aliphatic heterocycles. The van der Waals surface area contributed by atoms with Crippen LogP contribution in [0.25, 0.3) is 0 Å². The number of amides is 1. The van der Waals surface area contributed by atoms with Crippen molar-refractivity contribution in [3.63, 3.8) is 0 Å². The molecule has 3 aromatic rings. The molecule has 0 saturated carbocycles. The molecular weight excluding hydrogens is 366 g/mol.